The number of likely N-dealkylation sites (N-methyl/N-ethyl adjacent to an activating group) is 1. The molecule has 2 heterocycles. The summed E-state index contributed by atoms with van der Waals surface area (Å²) in [5.74, 6) is 0.614. The van der Waals surface area contributed by atoms with E-state index in [-0.39, 0.29) is 23.7 Å². The van der Waals surface area contributed by atoms with E-state index < -0.39 is 23.1 Å². The maximum atomic E-state index is 13.4. The zero-order valence-electron chi connectivity index (χ0n) is 29.2. The molecule has 0 fully saturated rings. The first-order chi connectivity index (χ1) is 22.4. The standard InChI is InChI=1S/C33H44ClN3O5S.C3H9N/c1-6-9-24-16-26(34)11-13-29(24)25-19-37-18-22(3)28(7-2)31(42-21-38)10-8-15-36(5)23(4)33(39)35-43(40)27-12-14-32(41-20-25)30(37)17-27;1-4(2)3/h8,10-14,16-17,21-23,25,28,31H,6-7,9,15,18-20H2,1-5H3,(H,35,39);1-3H3/b10-8+;/t22-,23+,25?,28?,31?,43?;/m0./s1. The maximum Gasteiger partial charge on any atom is 0.293 e. The fourth-order valence-electron chi connectivity index (χ4n) is 6.16. The van der Waals surface area contributed by atoms with Crippen molar-refractivity contribution in [2.24, 2.45) is 11.8 Å². The molecule has 4 rings (SSSR count). The number of aryl methyl sites for hydroxylation is 1. The van der Waals surface area contributed by atoms with Crippen LogP contribution >= 0.6 is 11.6 Å². The van der Waals surface area contributed by atoms with Crippen molar-refractivity contribution < 1.29 is 23.3 Å². The normalized spacial score (nSPS) is 26.3. The van der Waals surface area contributed by atoms with Gasteiger partial charge in [0.25, 0.3) is 6.47 Å². The smallest absolute Gasteiger partial charge is 0.293 e. The van der Waals surface area contributed by atoms with Gasteiger partial charge in [-0.2, -0.15) is 0 Å². The lowest BCUT2D eigenvalue weighted by atomic mass is 9.85. The van der Waals surface area contributed by atoms with Gasteiger partial charge in [0.1, 0.15) is 11.9 Å². The molecule has 47 heavy (non-hydrogen) atoms. The summed E-state index contributed by atoms with van der Waals surface area (Å²) >= 11 is 6.40. The van der Waals surface area contributed by atoms with E-state index in [4.69, 9.17) is 21.1 Å². The van der Waals surface area contributed by atoms with Gasteiger partial charge >= 0.3 is 0 Å². The van der Waals surface area contributed by atoms with E-state index in [0.29, 0.717) is 43.4 Å². The molecule has 1 N–H and O–H groups in total. The lowest BCUT2D eigenvalue weighted by Gasteiger charge is -2.35. The number of nitrogens with one attached hydrogen (secondary N) is 1. The first kappa shape index (κ1) is 38.5. The van der Waals surface area contributed by atoms with Crippen LogP contribution < -0.4 is 14.4 Å². The van der Waals surface area contributed by atoms with E-state index >= 15 is 0 Å². The Labute approximate surface area is 289 Å². The largest absolute Gasteiger partial charge is 0.491 e. The molecule has 2 aliphatic rings. The van der Waals surface area contributed by atoms with Crippen molar-refractivity contribution in [2.75, 3.05) is 59.3 Å². The highest BCUT2D eigenvalue weighted by Gasteiger charge is 2.32. The molecule has 0 spiro atoms. The number of rotatable bonds is 6. The molecule has 260 valence electrons. The number of halogens is 1. The predicted molar refractivity (Wildman–Crippen MR) is 192 cm³/mol. The minimum Gasteiger partial charge on any atom is -0.491 e. The Kier molecular flexibility index (Phi) is 15.2. The van der Waals surface area contributed by atoms with Crippen LogP contribution in [0.3, 0.4) is 0 Å². The maximum absolute atomic E-state index is 13.4. The molecule has 0 aliphatic carbocycles. The minimum absolute atomic E-state index is 0.0509. The molecule has 2 aromatic carbocycles. The molecule has 6 atom stereocenters. The highest BCUT2D eigenvalue weighted by molar-refractivity contribution is 7.83. The Bertz CT molecular complexity index is 1390. The molecule has 4 unspecified atom stereocenters. The number of nitrogens with zero attached hydrogens (tertiary/aromatic N) is 3. The molecular weight excluding hydrogens is 636 g/mol. The number of hydrogen-bond acceptors (Lipinski definition) is 8. The Hall–Kier alpha value is -2.92. The van der Waals surface area contributed by atoms with Gasteiger partial charge in [0.15, 0.2) is 11.0 Å². The summed E-state index contributed by atoms with van der Waals surface area (Å²) in [7, 11) is 6.09. The molecule has 0 aromatic heterocycles. The van der Waals surface area contributed by atoms with Crippen LogP contribution in [0.1, 0.15) is 57.6 Å². The zero-order chi connectivity index (χ0) is 34.7. The molecule has 9 nitrogen and oxygen atoms in total. The third kappa shape index (κ3) is 10.8. The van der Waals surface area contributed by atoms with Crippen LogP contribution in [0.15, 0.2) is 53.4 Å². The van der Waals surface area contributed by atoms with Crippen LogP contribution in [0.5, 0.6) is 5.75 Å². The average Bonchev–Trinajstić information content (AvgIpc) is 3.19. The third-order valence-corrected chi connectivity index (χ3v) is 10.0. The summed E-state index contributed by atoms with van der Waals surface area (Å²) in [6.07, 6.45) is 6.17. The third-order valence-electron chi connectivity index (χ3n) is 8.73. The highest BCUT2D eigenvalue weighted by atomic mass is 35.5. The van der Waals surface area contributed by atoms with Crippen LogP contribution in [0.25, 0.3) is 0 Å². The van der Waals surface area contributed by atoms with Crippen LogP contribution in [0, 0.1) is 11.8 Å². The Balaban J connectivity index is 0.00000142. The molecule has 0 radical (unpaired) electrons. The van der Waals surface area contributed by atoms with Gasteiger partial charge < -0.3 is 19.3 Å². The summed E-state index contributed by atoms with van der Waals surface area (Å²) in [6.45, 7) is 11.0. The molecule has 1 amide bonds. The van der Waals surface area contributed by atoms with E-state index in [2.05, 4.69) is 42.5 Å². The Morgan fingerprint density at radius 2 is 1.85 bits per heavy atom. The lowest BCUT2D eigenvalue weighted by molar-refractivity contribution is -0.134. The Morgan fingerprint density at radius 3 is 2.51 bits per heavy atom. The fraction of sp³-hybridized carbons (Fsp3) is 0.556. The molecule has 2 aliphatic heterocycles. The predicted octanol–water partition coefficient (Wildman–Crippen LogP) is 5.69. The summed E-state index contributed by atoms with van der Waals surface area (Å²) in [5, 5.41) is 0.721. The molecule has 0 saturated carbocycles. The average molecular weight is 689 g/mol. The van der Waals surface area contributed by atoms with E-state index in [9.17, 15) is 13.8 Å². The fourth-order valence-corrected chi connectivity index (χ4v) is 7.23. The topological polar surface area (TPSA) is 91.4 Å². The number of fused-ring (bicyclic) bond motifs is 1. The molecule has 2 bridgehead atoms. The van der Waals surface area contributed by atoms with Gasteiger partial charge in [-0.25, -0.2) is 4.21 Å². The van der Waals surface area contributed by atoms with Crippen LogP contribution in [0.2, 0.25) is 5.02 Å². The first-order valence-corrected chi connectivity index (χ1v) is 18.0. The number of carbonyl (C=O) groups is 2. The van der Waals surface area contributed by atoms with Crippen molar-refractivity contribution in [3.8, 4) is 5.75 Å². The Morgan fingerprint density at radius 1 is 1.13 bits per heavy atom. The number of anilines is 1. The second-order valence-corrected chi connectivity index (χ2v) is 14.7. The van der Waals surface area contributed by atoms with Gasteiger partial charge in [-0.05, 0) is 101 Å². The van der Waals surface area contributed by atoms with Crippen molar-refractivity contribution in [1.29, 1.82) is 0 Å². The number of ether oxygens (including phenoxy) is 2. The van der Waals surface area contributed by atoms with Crippen LogP contribution in [0.4, 0.5) is 5.69 Å². The van der Waals surface area contributed by atoms with Crippen molar-refractivity contribution in [3.05, 3.63) is 64.7 Å². The van der Waals surface area contributed by atoms with E-state index in [1.807, 2.05) is 68.3 Å². The molecule has 0 saturated heterocycles. The summed E-state index contributed by atoms with van der Waals surface area (Å²) in [4.78, 5) is 31.2. The van der Waals surface area contributed by atoms with E-state index in [0.717, 1.165) is 30.0 Å². The van der Waals surface area contributed by atoms with E-state index in [1.54, 1.807) is 13.0 Å². The highest BCUT2D eigenvalue weighted by Crippen LogP contribution is 2.39. The quantitative estimate of drug-likeness (QED) is 0.306. The number of carbonyl (C=O) groups excluding carboxylic acids is 2. The number of amides is 1. The monoisotopic (exact) mass is 688 g/mol. The second-order valence-electron chi connectivity index (χ2n) is 13.0. The second kappa shape index (κ2) is 18.6. The van der Waals surface area contributed by atoms with Gasteiger partial charge in [-0.3, -0.25) is 19.2 Å². The van der Waals surface area contributed by atoms with Crippen molar-refractivity contribution >= 4 is 40.7 Å². The molecular formula is C36H53ClN4O5S. The van der Waals surface area contributed by atoms with Crippen molar-refractivity contribution in [1.82, 2.24) is 14.5 Å². The first-order valence-electron chi connectivity index (χ1n) is 16.5. The zero-order valence-corrected chi connectivity index (χ0v) is 30.8. The van der Waals surface area contributed by atoms with Gasteiger partial charge in [-0.1, -0.05) is 50.9 Å². The van der Waals surface area contributed by atoms with Crippen LogP contribution in [-0.2, 0) is 31.7 Å². The summed E-state index contributed by atoms with van der Waals surface area (Å²) in [6, 6.07) is 11.1. The van der Waals surface area contributed by atoms with E-state index in [1.165, 1.54) is 11.1 Å². The lowest BCUT2D eigenvalue weighted by Crippen LogP contribution is -2.44. The van der Waals surface area contributed by atoms with Crippen molar-refractivity contribution in [3.63, 3.8) is 0 Å². The SMILES string of the molecule is CCCc1cc(Cl)ccc1C1COc2ccc3cc2N(C1)C[C@H](C)C(CC)C(OC=O)/C=C/CN(C)[C@H](C)C(=O)NS3=O.CN(C)C. The summed E-state index contributed by atoms with van der Waals surface area (Å²) in [5.41, 5.74) is 3.26. The van der Waals surface area contributed by atoms with Gasteiger partial charge in [0.2, 0.25) is 5.91 Å². The number of benzene rings is 2. The molecule has 11 heteroatoms. The summed E-state index contributed by atoms with van der Waals surface area (Å²) < 4.78 is 28.1. The molecule has 2 aromatic rings. The van der Waals surface area contributed by atoms with Gasteiger partial charge in [-0.15, -0.1) is 0 Å². The number of hydrogen-bond donors (Lipinski definition) is 1. The minimum atomic E-state index is -1.74. The van der Waals surface area contributed by atoms with Gasteiger partial charge in [0, 0.05) is 36.5 Å². The van der Waals surface area contributed by atoms with Gasteiger partial charge in [0.05, 0.1) is 23.2 Å². The van der Waals surface area contributed by atoms with Crippen molar-refractivity contribution in [2.45, 2.75) is 69.9 Å². The van der Waals surface area contributed by atoms with Crippen LogP contribution in [-0.4, -0.2) is 93.0 Å².